The van der Waals surface area contributed by atoms with Gasteiger partial charge in [-0.05, 0) is 35.7 Å². The van der Waals surface area contributed by atoms with Crippen molar-refractivity contribution in [1.29, 1.82) is 0 Å². The third kappa shape index (κ3) is 2.15. The number of fused-ring (bicyclic) bond motifs is 4. The lowest BCUT2D eigenvalue weighted by Gasteiger charge is -2.40. The van der Waals surface area contributed by atoms with Crippen molar-refractivity contribution in [3.8, 4) is 17.2 Å². The molecular weight excluding hydrogens is 404 g/mol. The van der Waals surface area contributed by atoms with Crippen LogP contribution in [-0.4, -0.2) is 23.1 Å². The minimum atomic E-state index is -1.67. The van der Waals surface area contributed by atoms with E-state index in [1.807, 2.05) is 42.5 Å². The van der Waals surface area contributed by atoms with Crippen LogP contribution in [0, 0.1) is 0 Å². The molecule has 3 aromatic rings. The molecule has 2 aliphatic heterocycles. The van der Waals surface area contributed by atoms with Crippen molar-refractivity contribution in [3.05, 3.63) is 88.4 Å². The molecule has 4 atom stereocenters. The topological polar surface area (TPSA) is 68.2 Å². The van der Waals surface area contributed by atoms with Gasteiger partial charge in [-0.1, -0.05) is 54.1 Å². The largest absolute Gasteiger partial charge is 0.478 e. The van der Waals surface area contributed by atoms with E-state index in [2.05, 4.69) is 0 Å². The minimum absolute atomic E-state index is 0.119. The number of aliphatic hydroxyl groups is 2. The van der Waals surface area contributed by atoms with Crippen LogP contribution in [0.25, 0.3) is 0 Å². The van der Waals surface area contributed by atoms with Crippen molar-refractivity contribution < 1.29 is 24.4 Å². The first-order valence-corrected chi connectivity index (χ1v) is 10.3. The fourth-order valence-electron chi connectivity index (χ4n) is 5.31. The maximum Gasteiger partial charge on any atom is 0.231 e. The Labute approximate surface area is 178 Å². The van der Waals surface area contributed by atoms with Crippen LogP contribution in [0.15, 0.2) is 66.7 Å². The molecule has 5 nitrogen and oxygen atoms in total. The Morgan fingerprint density at radius 2 is 1.60 bits per heavy atom. The lowest BCUT2D eigenvalue weighted by atomic mass is 9.71. The summed E-state index contributed by atoms with van der Waals surface area (Å²) in [5.74, 6) is 1.29. The van der Waals surface area contributed by atoms with E-state index in [1.54, 1.807) is 24.3 Å². The molecule has 0 radical (unpaired) electrons. The highest BCUT2D eigenvalue weighted by Gasteiger charge is 2.72. The summed E-state index contributed by atoms with van der Waals surface area (Å²) in [6, 6.07) is 20.6. The fraction of sp³-hybridized carbons (Fsp3) is 0.250. The van der Waals surface area contributed by atoms with Crippen molar-refractivity contribution in [2.45, 2.75) is 29.6 Å². The predicted octanol–water partition coefficient (Wildman–Crippen LogP) is 4.09. The summed E-state index contributed by atoms with van der Waals surface area (Å²) in [6.07, 6.45) is -0.697. The number of rotatable bonds is 2. The average molecular weight is 423 g/mol. The summed E-state index contributed by atoms with van der Waals surface area (Å²) in [7, 11) is 0. The number of hydrogen-bond donors (Lipinski definition) is 2. The van der Waals surface area contributed by atoms with Gasteiger partial charge in [-0.25, -0.2) is 0 Å². The molecule has 0 bridgehead atoms. The number of benzene rings is 3. The summed E-state index contributed by atoms with van der Waals surface area (Å²) in [6.45, 7) is 0.119. The highest BCUT2D eigenvalue weighted by molar-refractivity contribution is 6.30. The molecule has 1 aliphatic carbocycles. The molecular formula is C24H19ClO5. The number of halogens is 1. The second-order valence-electron chi connectivity index (χ2n) is 8.03. The molecule has 6 heteroatoms. The van der Waals surface area contributed by atoms with Gasteiger partial charge in [0.25, 0.3) is 0 Å². The second-order valence-corrected chi connectivity index (χ2v) is 8.46. The maximum atomic E-state index is 12.2. The normalized spacial score (nSPS) is 30.6. The molecule has 0 spiro atoms. The second kappa shape index (κ2) is 6.14. The first-order valence-electron chi connectivity index (χ1n) is 9.88. The van der Waals surface area contributed by atoms with E-state index in [0.29, 0.717) is 34.3 Å². The molecule has 1 fully saturated rings. The van der Waals surface area contributed by atoms with Crippen molar-refractivity contribution in [1.82, 2.24) is 0 Å². The number of ether oxygens (including phenoxy) is 3. The van der Waals surface area contributed by atoms with E-state index in [0.717, 1.165) is 11.1 Å². The van der Waals surface area contributed by atoms with Crippen LogP contribution in [0.5, 0.6) is 17.2 Å². The van der Waals surface area contributed by atoms with Gasteiger partial charge in [0.1, 0.15) is 5.75 Å². The average Bonchev–Trinajstić information content (AvgIpc) is 3.38. The van der Waals surface area contributed by atoms with Gasteiger partial charge in [0, 0.05) is 22.6 Å². The molecule has 6 rings (SSSR count). The molecule has 0 unspecified atom stereocenters. The molecule has 0 aromatic heterocycles. The Morgan fingerprint density at radius 1 is 0.900 bits per heavy atom. The summed E-state index contributed by atoms with van der Waals surface area (Å²) in [5, 5.41) is 24.0. The van der Waals surface area contributed by atoms with Gasteiger partial charge in [-0.3, -0.25) is 0 Å². The standard InChI is InChI=1S/C24H19ClO5/c25-16-8-6-15(7-9-16)24-17(14-4-2-1-3-5-14)11-22(26)23(24,27)18-10-20-21(29-13-28-20)12-19(18)30-24/h1-10,12,17,22,26-27H,11,13H2/t17-,22+,23-,24-/m0/s1. The Balaban J connectivity index is 1.63. The first kappa shape index (κ1) is 18.1. The van der Waals surface area contributed by atoms with Crippen LogP contribution in [0.2, 0.25) is 5.02 Å². The lowest BCUT2D eigenvalue weighted by molar-refractivity contribution is -0.149. The van der Waals surface area contributed by atoms with E-state index < -0.39 is 17.3 Å². The first-order chi connectivity index (χ1) is 14.5. The molecule has 1 saturated carbocycles. The van der Waals surface area contributed by atoms with Crippen LogP contribution in [0.4, 0.5) is 0 Å². The zero-order chi connectivity index (χ0) is 20.5. The van der Waals surface area contributed by atoms with Crippen molar-refractivity contribution >= 4 is 11.6 Å². The van der Waals surface area contributed by atoms with E-state index in [9.17, 15) is 10.2 Å². The van der Waals surface area contributed by atoms with Crippen LogP contribution in [0.1, 0.15) is 29.0 Å². The van der Waals surface area contributed by atoms with Gasteiger partial charge >= 0.3 is 0 Å². The van der Waals surface area contributed by atoms with E-state index in [1.165, 1.54) is 0 Å². The summed E-state index contributed by atoms with van der Waals surface area (Å²) in [4.78, 5) is 0. The minimum Gasteiger partial charge on any atom is -0.478 e. The number of hydrogen-bond acceptors (Lipinski definition) is 5. The predicted molar refractivity (Wildman–Crippen MR) is 110 cm³/mol. The Morgan fingerprint density at radius 3 is 2.33 bits per heavy atom. The van der Waals surface area contributed by atoms with Gasteiger partial charge in [0.05, 0.1) is 6.10 Å². The van der Waals surface area contributed by atoms with E-state index in [4.69, 9.17) is 25.8 Å². The van der Waals surface area contributed by atoms with Crippen LogP contribution in [-0.2, 0) is 11.2 Å². The molecule has 0 saturated heterocycles. The van der Waals surface area contributed by atoms with Crippen molar-refractivity contribution in [3.63, 3.8) is 0 Å². The fourth-order valence-corrected chi connectivity index (χ4v) is 5.44. The van der Waals surface area contributed by atoms with Crippen LogP contribution >= 0.6 is 11.6 Å². The SMILES string of the molecule is O[C@@H]1C[C@@H](c2ccccc2)[C@]2(c3ccc(Cl)cc3)Oc3cc4c(cc3[C@]12O)OCO4. The summed E-state index contributed by atoms with van der Waals surface area (Å²) >= 11 is 6.15. The van der Waals surface area contributed by atoms with E-state index in [-0.39, 0.29) is 12.7 Å². The third-order valence-electron chi connectivity index (χ3n) is 6.63. The smallest absolute Gasteiger partial charge is 0.231 e. The van der Waals surface area contributed by atoms with Gasteiger partial charge < -0.3 is 24.4 Å². The highest BCUT2D eigenvalue weighted by atomic mass is 35.5. The zero-order valence-electron chi connectivity index (χ0n) is 15.9. The molecule has 30 heavy (non-hydrogen) atoms. The van der Waals surface area contributed by atoms with Gasteiger partial charge in [-0.2, -0.15) is 0 Å². The molecule has 2 heterocycles. The molecule has 3 aliphatic rings. The van der Waals surface area contributed by atoms with Crippen LogP contribution < -0.4 is 14.2 Å². The van der Waals surface area contributed by atoms with E-state index >= 15 is 0 Å². The van der Waals surface area contributed by atoms with Gasteiger partial charge in [-0.15, -0.1) is 0 Å². The molecule has 2 N–H and O–H groups in total. The molecule has 0 amide bonds. The Hall–Kier alpha value is -2.73. The highest BCUT2D eigenvalue weighted by Crippen LogP contribution is 2.67. The summed E-state index contributed by atoms with van der Waals surface area (Å²) < 4.78 is 17.7. The maximum absolute atomic E-state index is 12.2. The monoisotopic (exact) mass is 422 g/mol. The molecule has 3 aromatic carbocycles. The van der Waals surface area contributed by atoms with Gasteiger partial charge in [0.15, 0.2) is 22.7 Å². The zero-order valence-corrected chi connectivity index (χ0v) is 16.7. The van der Waals surface area contributed by atoms with Gasteiger partial charge in [0.2, 0.25) is 6.79 Å². The molecule has 152 valence electrons. The lowest BCUT2D eigenvalue weighted by Crippen LogP contribution is -2.51. The van der Waals surface area contributed by atoms with Crippen LogP contribution in [0.3, 0.4) is 0 Å². The van der Waals surface area contributed by atoms with Crippen molar-refractivity contribution in [2.24, 2.45) is 0 Å². The summed E-state index contributed by atoms with van der Waals surface area (Å²) in [5.41, 5.74) is -0.658. The third-order valence-corrected chi connectivity index (χ3v) is 6.88. The number of aliphatic hydroxyl groups excluding tert-OH is 1. The van der Waals surface area contributed by atoms with Crippen molar-refractivity contribution in [2.75, 3.05) is 6.79 Å². The quantitative estimate of drug-likeness (QED) is 0.651. The Kier molecular flexibility index (Phi) is 3.70. The Bertz CT molecular complexity index is 1130.